The van der Waals surface area contributed by atoms with Gasteiger partial charge >= 0.3 is 0 Å². The van der Waals surface area contributed by atoms with Crippen LogP contribution >= 0.6 is 0 Å². The highest BCUT2D eigenvalue weighted by atomic mass is 16.5. The van der Waals surface area contributed by atoms with Crippen molar-refractivity contribution in [3.63, 3.8) is 0 Å². The lowest BCUT2D eigenvalue weighted by molar-refractivity contribution is 0.121. The Morgan fingerprint density at radius 2 is 2.10 bits per heavy atom. The first-order valence-electron chi connectivity index (χ1n) is 7.26. The van der Waals surface area contributed by atoms with E-state index in [-0.39, 0.29) is 5.54 Å². The first-order chi connectivity index (χ1) is 10.2. The molecule has 0 bridgehead atoms. The number of aromatic amines is 1. The molecule has 0 spiro atoms. The lowest BCUT2D eigenvalue weighted by atomic mass is 9.77. The van der Waals surface area contributed by atoms with E-state index in [0.29, 0.717) is 30.7 Å². The fourth-order valence-electron chi connectivity index (χ4n) is 2.69. The Bertz CT molecular complexity index is 626. The molecule has 3 N–H and O–H groups in total. The molecule has 1 saturated heterocycles. The maximum atomic E-state index is 6.26. The highest BCUT2D eigenvalue weighted by Gasteiger charge is 2.37. The molecule has 0 aromatic carbocycles. The average molecular weight is 290 g/mol. The fraction of sp³-hybridized carbons (Fsp3) is 0.615. The molecular weight excluding hydrogens is 272 g/mol. The summed E-state index contributed by atoms with van der Waals surface area (Å²) in [6, 6.07) is 0. The Hall–Kier alpha value is -1.93. The monoisotopic (exact) mass is 290 g/mol. The maximum absolute atomic E-state index is 6.26. The van der Waals surface area contributed by atoms with Crippen LogP contribution in [0.25, 0.3) is 11.6 Å². The SMILES string of the molecule is NC1(c2ncc(-c3nc(N4CCOCC4)no3)[nH]2)CCC1. The van der Waals surface area contributed by atoms with Gasteiger partial charge < -0.3 is 24.9 Å². The molecule has 112 valence electrons. The number of imidazole rings is 1. The van der Waals surface area contributed by atoms with Gasteiger partial charge in [-0.2, -0.15) is 4.98 Å². The smallest absolute Gasteiger partial charge is 0.277 e. The number of nitrogens with one attached hydrogen (secondary N) is 1. The normalized spacial score (nSPS) is 21.3. The van der Waals surface area contributed by atoms with Crippen LogP contribution in [0.1, 0.15) is 25.1 Å². The molecular formula is C13H18N6O2. The number of rotatable bonds is 3. The molecule has 0 unspecified atom stereocenters. The molecule has 2 aliphatic rings. The van der Waals surface area contributed by atoms with Crippen molar-refractivity contribution in [3.8, 4) is 11.6 Å². The van der Waals surface area contributed by atoms with Crippen molar-refractivity contribution in [2.24, 2.45) is 5.73 Å². The van der Waals surface area contributed by atoms with Crippen molar-refractivity contribution < 1.29 is 9.26 Å². The average Bonchev–Trinajstić information content (AvgIpc) is 3.14. The topological polar surface area (TPSA) is 106 Å². The third-order valence-electron chi connectivity index (χ3n) is 4.23. The predicted octanol–water partition coefficient (Wildman–Crippen LogP) is 0.634. The summed E-state index contributed by atoms with van der Waals surface area (Å²) in [4.78, 5) is 14.0. The number of anilines is 1. The van der Waals surface area contributed by atoms with Crippen molar-refractivity contribution in [1.82, 2.24) is 20.1 Å². The summed E-state index contributed by atoms with van der Waals surface area (Å²) in [5.41, 5.74) is 6.66. The predicted molar refractivity (Wildman–Crippen MR) is 74.6 cm³/mol. The van der Waals surface area contributed by atoms with Crippen LogP contribution in [0.2, 0.25) is 0 Å². The van der Waals surface area contributed by atoms with Crippen LogP contribution in [0.5, 0.6) is 0 Å². The number of hydrogen-bond acceptors (Lipinski definition) is 7. The Labute approximate surface area is 121 Å². The van der Waals surface area contributed by atoms with E-state index in [1.165, 1.54) is 0 Å². The molecule has 2 fully saturated rings. The number of nitrogens with two attached hydrogens (primary N) is 1. The number of hydrogen-bond donors (Lipinski definition) is 2. The first kappa shape index (κ1) is 12.8. The quantitative estimate of drug-likeness (QED) is 0.854. The Balaban J connectivity index is 1.55. The number of ether oxygens (including phenoxy) is 1. The van der Waals surface area contributed by atoms with Gasteiger partial charge in [-0.3, -0.25) is 0 Å². The van der Waals surface area contributed by atoms with Gasteiger partial charge in [0, 0.05) is 13.1 Å². The van der Waals surface area contributed by atoms with Gasteiger partial charge in [0.2, 0.25) is 0 Å². The number of aromatic nitrogens is 4. The molecule has 1 aliphatic carbocycles. The molecule has 1 saturated carbocycles. The van der Waals surface area contributed by atoms with E-state index in [2.05, 4.69) is 20.1 Å². The summed E-state index contributed by atoms with van der Waals surface area (Å²) in [5.74, 6) is 1.84. The van der Waals surface area contributed by atoms with Crippen LogP contribution in [-0.2, 0) is 10.3 Å². The minimum Gasteiger partial charge on any atom is -0.378 e. The zero-order valence-electron chi connectivity index (χ0n) is 11.7. The third-order valence-corrected chi connectivity index (χ3v) is 4.23. The molecule has 4 rings (SSSR count). The van der Waals surface area contributed by atoms with Gasteiger partial charge in [-0.1, -0.05) is 0 Å². The van der Waals surface area contributed by atoms with Gasteiger partial charge in [-0.25, -0.2) is 4.98 Å². The van der Waals surface area contributed by atoms with Crippen molar-refractivity contribution in [2.45, 2.75) is 24.8 Å². The van der Waals surface area contributed by atoms with E-state index in [1.807, 2.05) is 4.90 Å². The molecule has 0 amide bonds. The zero-order valence-corrected chi connectivity index (χ0v) is 11.7. The van der Waals surface area contributed by atoms with Crippen LogP contribution in [0, 0.1) is 0 Å². The minimum absolute atomic E-state index is 0.314. The Morgan fingerprint density at radius 1 is 1.29 bits per heavy atom. The molecule has 8 heteroatoms. The highest BCUT2D eigenvalue weighted by Crippen LogP contribution is 2.37. The first-order valence-corrected chi connectivity index (χ1v) is 7.26. The second-order valence-electron chi connectivity index (χ2n) is 5.65. The van der Waals surface area contributed by atoms with Gasteiger partial charge in [0.1, 0.15) is 11.5 Å². The van der Waals surface area contributed by atoms with E-state index < -0.39 is 0 Å². The molecule has 3 heterocycles. The van der Waals surface area contributed by atoms with Gasteiger partial charge in [-0.15, -0.1) is 0 Å². The summed E-state index contributed by atoms with van der Waals surface area (Å²) in [5, 5.41) is 4.03. The van der Waals surface area contributed by atoms with Crippen LogP contribution in [0.4, 0.5) is 5.95 Å². The van der Waals surface area contributed by atoms with E-state index in [0.717, 1.165) is 38.2 Å². The molecule has 2 aromatic rings. The van der Waals surface area contributed by atoms with Crippen LogP contribution < -0.4 is 10.6 Å². The van der Waals surface area contributed by atoms with E-state index >= 15 is 0 Å². The molecule has 0 atom stereocenters. The largest absolute Gasteiger partial charge is 0.378 e. The minimum atomic E-state index is -0.314. The summed E-state index contributed by atoms with van der Waals surface area (Å²) < 4.78 is 10.6. The Morgan fingerprint density at radius 3 is 2.81 bits per heavy atom. The van der Waals surface area contributed by atoms with Crippen LogP contribution in [0.3, 0.4) is 0 Å². The summed E-state index contributed by atoms with van der Waals surface area (Å²) >= 11 is 0. The zero-order chi connectivity index (χ0) is 14.3. The summed E-state index contributed by atoms with van der Waals surface area (Å²) in [6.07, 6.45) is 4.78. The second kappa shape index (κ2) is 4.81. The fourth-order valence-corrected chi connectivity index (χ4v) is 2.69. The van der Waals surface area contributed by atoms with Gasteiger partial charge in [0.15, 0.2) is 0 Å². The van der Waals surface area contributed by atoms with Crippen LogP contribution in [-0.4, -0.2) is 46.4 Å². The second-order valence-corrected chi connectivity index (χ2v) is 5.65. The molecule has 8 nitrogen and oxygen atoms in total. The summed E-state index contributed by atoms with van der Waals surface area (Å²) in [7, 11) is 0. The van der Waals surface area contributed by atoms with E-state index in [1.54, 1.807) is 6.20 Å². The van der Waals surface area contributed by atoms with Gasteiger partial charge in [0.05, 0.1) is 24.9 Å². The lowest BCUT2D eigenvalue weighted by Gasteiger charge is -2.35. The molecule has 21 heavy (non-hydrogen) atoms. The van der Waals surface area contributed by atoms with Crippen molar-refractivity contribution >= 4 is 5.95 Å². The van der Waals surface area contributed by atoms with Gasteiger partial charge in [-0.05, 0) is 24.4 Å². The number of H-pyrrole nitrogens is 1. The Kier molecular flexibility index (Phi) is 2.93. The lowest BCUT2D eigenvalue weighted by Crippen LogP contribution is -2.44. The number of morpholine rings is 1. The van der Waals surface area contributed by atoms with E-state index in [4.69, 9.17) is 15.0 Å². The van der Waals surface area contributed by atoms with E-state index in [9.17, 15) is 0 Å². The molecule has 0 radical (unpaired) electrons. The number of nitrogens with zero attached hydrogens (tertiary/aromatic N) is 4. The molecule has 2 aromatic heterocycles. The van der Waals surface area contributed by atoms with Gasteiger partial charge in [0.25, 0.3) is 11.8 Å². The maximum Gasteiger partial charge on any atom is 0.277 e. The van der Waals surface area contributed by atoms with Crippen molar-refractivity contribution in [1.29, 1.82) is 0 Å². The molecule has 1 aliphatic heterocycles. The summed E-state index contributed by atoms with van der Waals surface area (Å²) in [6.45, 7) is 2.93. The third kappa shape index (κ3) is 2.20. The van der Waals surface area contributed by atoms with Crippen LogP contribution in [0.15, 0.2) is 10.7 Å². The highest BCUT2D eigenvalue weighted by molar-refractivity contribution is 5.48. The van der Waals surface area contributed by atoms with Crippen molar-refractivity contribution in [2.75, 3.05) is 31.2 Å². The van der Waals surface area contributed by atoms with Crippen molar-refractivity contribution in [3.05, 3.63) is 12.0 Å². The standard InChI is InChI=1S/C13H18N6O2/c14-13(2-1-3-13)11-15-8-9(16-11)10-17-12(18-21-10)19-4-6-20-7-5-19/h8H,1-7,14H2,(H,15,16).